The molecule has 11 nitrogen and oxygen atoms in total. The van der Waals surface area contributed by atoms with Crippen molar-refractivity contribution in [2.45, 2.75) is 76.1 Å². The number of anilines is 1. The van der Waals surface area contributed by atoms with Crippen molar-refractivity contribution >= 4 is 29.3 Å². The van der Waals surface area contributed by atoms with Gasteiger partial charge in [0, 0.05) is 25.7 Å². The Morgan fingerprint density at radius 2 is 1.53 bits per heavy atom. The number of Topliss-reactive ketones (excluding diaryl/α,β-unsaturated/α-hetero) is 1. The second kappa shape index (κ2) is 16.7. The van der Waals surface area contributed by atoms with Crippen molar-refractivity contribution in [1.82, 2.24) is 19.8 Å². The first-order valence-corrected chi connectivity index (χ1v) is 17.5. The molecule has 1 saturated heterocycles. The number of benzene rings is 3. The number of piperidine rings is 1. The van der Waals surface area contributed by atoms with Gasteiger partial charge >= 0.3 is 0 Å². The molecule has 0 saturated carbocycles. The molecule has 268 valence electrons. The number of ether oxygens (including phenoxy) is 1. The van der Waals surface area contributed by atoms with E-state index in [1.54, 1.807) is 24.6 Å². The predicted octanol–water partition coefficient (Wildman–Crippen LogP) is 4.78. The number of ketones is 1. The monoisotopic (exact) mass is 692 g/mol. The predicted molar refractivity (Wildman–Crippen MR) is 196 cm³/mol. The zero-order valence-corrected chi connectivity index (χ0v) is 29.6. The summed E-state index contributed by atoms with van der Waals surface area (Å²) in [6.07, 6.45) is 5.45. The summed E-state index contributed by atoms with van der Waals surface area (Å²) in [7, 11) is 0. The van der Waals surface area contributed by atoms with Crippen molar-refractivity contribution in [2.75, 3.05) is 25.0 Å². The lowest BCUT2D eigenvalue weighted by atomic mass is 9.68. The van der Waals surface area contributed by atoms with Crippen molar-refractivity contribution in [1.29, 1.82) is 0 Å². The Kier molecular flexibility index (Phi) is 12.2. The van der Waals surface area contributed by atoms with Gasteiger partial charge in [-0.2, -0.15) is 0 Å². The highest BCUT2D eigenvalue weighted by Crippen LogP contribution is 2.39. The standard InChI is InChI=1S/C40H48N6O5/c1-4-14-33(47)40(31-19-12-7-13-20-31)21-23-45(24-22-40)37(49)35(30-17-10-6-11-18-30)46-25-34(42-28-46)44-36(48)32(43-38(50)39(2,3)41)27-51-26-29-15-8-5-9-16-29/h5-13,15-20,25,28,32,35H,4,14,21-24,26-27,41H2,1-3H3,(H,43,50)(H,44,48)/t32-,35?/m1/s1. The van der Waals surface area contributed by atoms with Gasteiger partial charge in [-0.05, 0) is 49.8 Å². The molecule has 2 atom stereocenters. The van der Waals surface area contributed by atoms with E-state index >= 15 is 0 Å². The highest BCUT2D eigenvalue weighted by Gasteiger charge is 2.43. The number of likely N-dealkylation sites (tertiary alicyclic amines) is 1. The lowest BCUT2D eigenvalue weighted by Crippen LogP contribution is -2.56. The van der Waals surface area contributed by atoms with Crippen LogP contribution < -0.4 is 16.4 Å². The second-order valence-corrected chi connectivity index (χ2v) is 13.7. The van der Waals surface area contributed by atoms with E-state index in [1.807, 2.05) is 103 Å². The molecule has 3 amide bonds. The Hall–Kier alpha value is -5.13. The molecule has 0 bridgehead atoms. The highest BCUT2D eigenvalue weighted by atomic mass is 16.5. The number of carbonyl (C=O) groups is 4. The minimum Gasteiger partial charge on any atom is -0.374 e. The van der Waals surface area contributed by atoms with Crippen molar-refractivity contribution in [2.24, 2.45) is 5.73 Å². The van der Waals surface area contributed by atoms with Crippen molar-refractivity contribution in [3.63, 3.8) is 0 Å². The summed E-state index contributed by atoms with van der Waals surface area (Å²) in [5.41, 5.74) is 6.83. The first-order valence-electron chi connectivity index (χ1n) is 17.5. The van der Waals surface area contributed by atoms with Gasteiger partial charge < -0.3 is 30.6 Å². The van der Waals surface area contributed by atoms with E-state index in [-0.39, 0.29) is 30.7 Å². The largest absolute Gasteiger partial charge is 0.374 e. The van der Waals surface area contributed by atoms with Crippen LogP contribution in [0.25, 0.3) is 0 Å². The van der Waals surface area contributed by atoms with Crippen LogP contribution in [-0.2, 0) is 35.9 Å². The molecule has 4 N–H and O–H groups in total. The summed E-state index contributed by atoms with van der Waals surface area (Å²) in [5.74, 6) is -0.771. The minimum absolute atomic E-state index is 0.103. The molecule has 5 rings (SSSR count). The van der Waals surface area contributed by atoms with E-state index in [0.29, 0.717) is 32.4 Å². The minimum atomic E-state index is -1.22. The van der Waals surface area contributed by atoms with Gasteiger partial charge in [0.2, 0.25) is 11.8 Å². The van der Waals surface area contributed by atoms with Gasteiger partial charge in [-0.3, -0.25) is 19.2 Å². The Balaban J connectivity index is 1.33. The van der Waals surface area contributed by atoms with Crippen LogP contribution in [0.3, 0.4) is 0 Å². The first-order chi connectivity index (χ1) is 24.5. The number of nitrogens with two attached hydrogens (primary N) is 1. The van der Waals surface area contributed by atoms with Gasteiger partial charge in [0.25, 0.3) is 5.91 Å². The van der Waals surface area contributed by atoms with E-state index in [2.05, 4.69) is 15.6 Å². The molecule has 0 spiro atoms. The van der Waals surface area contributed by atoms with E-state index < -0.39 is 34.9 Å². The Bertz CT molecular complexity index is 1760. The fraction of sp³-hybridized carbons (Fsp3) is 0.375. The van der Waals surface area contributed by atoms with E-state index in [9.17, 15) is 19.2 Å². The first kappa shape index (κ1) is 37.1. The number of rotatable bonds is 15. The Morgan fingerprint density at radius 3 is 2.14 bits per heavy atom. The number of hydrogen-bond donors (Lipinski definition) is 3. The molecule has 0 radical (unpaired) electrons. The molecule has 1 fully saturated rings. The van der Waals surface area contributed by atoms with Gasteiger partial charge in [0.05, 0.1) is 30.5 Å². The van der Waals surface area contributed by atoms with Crippen LogP contribution in [0.4, 0.5) is 5.82 Å². The zero-order chi connectivity index (χ0) is 36.4. The summed E-state index contributed by atoms with van der Waals surface area (Å²) >= 11 is 0. The quantitative estimate of drug-likeness (QED) is 0.162. The molecule has 1 aromatic heterocycles. The van der Waals surface area contributed by atoms with Crippen molar-refractivity contribution in [3.8, 4) is 0 Å². The van der Waals surface area contributed by atoms with Crippen molar-refractivity contribution < 1.29 is 23.9 Å². The fourth-order valence-corrected chi connectivity index (χ4v) is 6.46. The third kappa shape index (κ3) is 9.16. The highest BCUT2D eigenvalue weighted by molar-refractivity contribution is 5.98. The van der Waals surface area contributed by atoms with Crippen LogP contribution in [0.2, 0.25) is 0 Å². The molecule has 1 aliphatic heterocycles. The molecule has 2 heterocycles. The van der Waals surface area contributed by atoms with Crippen LogP contribution in [0.5, 0.6) is 0 Å². The molecule has 51 heavy (non-hydrogen) atoms. The van der Waals surface area contributed by atoms with Crippen LogP contribution in [0, 0.1) is 0 Å². The number of amides is 3. The summed E-state index contributed by atoms with van der Waals surface area (Å²) in [6.45, 7) is 6.11. The average Bonchev–Trinajstić information content (AvgIpc) is 3.59. The molecule has 11 heteroatoms. The Labute approximate surface area is 299 Å². The van der Waals surface area contributed by atoms with Gasteiger partial charge in [-0.15, -0.1) is 0 Å². The number of aromatic nitrogens is 2. The van der Waals surface area contributed by atoms with Gasteiger partial charge in [0.1, 0.15) is 17.9 Å². The van der Waals surface area contributed by atoms with Crippen LogP contribution in [-0.4, -0.2) is 69.2 Å². The molecule has 1 aliphatic rings. The SMILES string of the molecule is CCCC(=O)C1(c2ccccc2)CCN(C(=O)C(c2ccccc2)n2cnc(NC(=O)[C@@H](COCc3ccccc3)NC(=O)C(C)(C)N)c2)CC1. The van der Waals surface area contributed by atoms with Crippen LogP contribution in [0.1, 0.15) is 69.2 Å². The maximum atomic E-state index is 14.4. The third-order valence-corrected chi connectivity index (χ3v) is 9.37. The van der Waals surface area contributed by atoms with Gasteiger partial charge in [-0.1, -0.05) is 97.9 Å². The van der Waals surface area contributed by atoms with E-state index in [0.717, 1.165) is 23.1 Å². The molecule has 1 unspecified atom stereocenters. The summed E-state index contributed by atoms with van der Waals surface area (Å²) in [5, 5.41) is 5.47. The number of hydrogen-bond acceptors (Lipinski definition) is 7. The van der Waals surface area contributed by atoms with Crippen molar-refractivity contribution in [3.05, 3.63) is 120 Å². The molecular formula is C40H48N6O5. The number of imidazole rings is 1. The van der Waals surface area contributed by atoms with Crippen LogP contribution >= 0.6 is 0 Å². The lowest BCUT2D eigenvalue weighted by molar-refractivity contribution is -0.138. The fourth-order valence-electron chi connectivity index (χ4n) is 6.46. The normalized spacial score (nSPS) is 15.4. The molecule has 0 aliphatic carbocycles. The smallest absolute Gasteiger partial charge is 0.250 e. The maximum Gasteiger partial charge on any atom is 0.250 e. The maximum absolute atomic E-state index is 14.4. The summed E-state index contributed by atoms with van der Waals surface area (Å²) in [6, 6.07) is 27.0. The zero-order valence-electron chi connectivity index (χ0n) is 29.6. The molecular weight excluding hydrogens is 644 g/mol. The van der Waals surface area contributed by atoms with Crippen LogP contribution in [0.15, 0.2) is 104 Å². The number of nitrogens with one attached hydrogen (secondary N) is 2. The number of carbonyl (C=O) groups excluding carboxylic acids is 4. The summed E-state index contributed by atoms with van der Waals surface area (Å²) in [4.78, 5) is 60.5. The topological polar surface area (TPSA) is 149 Å². The molecule has 3 aromatic carbocycles. The summed E-state index contributed by atoms with van der Waals surface area (Å²) < 4.78 is 7.49. The lowest BCUT2D eigenvalue weighted by Gasteiger charge is -2.42. The Morgan fingerprint density at radius 1 is 0.922 bits per heavy atom. The molecule has 4 aromatic rings. The third-order valence-electron chi connectivity index (χ3n) is 9.37. The van der Waals surface area contributed by atoms with E-state index in [1.165, 1.54) is 6.33 Å². The second-order valence-electron chi connectivity index (χ2n) is 13.7. The van der Waals surface area contributed by atoms with Gasteiger partial charge in [0.15, 0.2) is 5.82 Å². The average molecular weight is 693 g/mol. The van der Waals surface area contributed by atoms with Gasteiger partial charge in [-0.25, -0.2) is 4.98 Å². The number of nitrogens with zero attached hydrogens (tertiary/aromatic N) is 3. The van der Waals surface area contributed by atoms with E-state index in [4.69, 9.17) is 10.5 Å².